The van der Waals surface area contributed by atoms with Crippen molar-refractivity contribution in [1.29, 1.82) is 0 Å². The third kappa shape index (κ3) is 3.60. The summed E-state index contributed by atoms with van der Waals surface area (Å²) in [6.45, 7) is 7.96. The van der Waals surface area contributed by atoms with Gasteiger partial charge in [-0.3, -0.25) is 4.55 Å². The van der Waals surface area contributed by atoms with Crippen molar-refractivity contribution in [2.45, 2.75) is 62.6 Å². The summed E-state index contributed by atoms with van der Waals surface area (Å²) in [5, 5.41) is 15.1. The fourth-order valence-corrected chi connectivity index (χ4v) is 3.81. The highest BCUT2D eigenvalue weighted by atomic mass is 32.2. The summed E-state index contributed by atoms with van der Waals surface area (Å²) in [7, 11) is -4.16. The first-order valence-electron chi connectivity index (χ1n) is 7.25. The number of rotatable bonds is 3. The topological polar surface area (TPSA) is 89.9 Å². The van der Waals surface area contributed by atoms with Gasteiger partial charge in [0.1, 0.15) is 0 Å². The van der Waals surface area contributed by atoms with Gasteiger partial charge in [-0.2, -0.15) is 13.5 Å². The molecule has 0 amide bonds. The Bertz CT molecular complexity index is 620. The second-order valence-corrected chi connectivity index (χ2v) is 8.61. The Kier molecular flexibility index (Phi) is 4.29. The lowest BCUT2D eigenvalue weighted by molar-refractivity contribution is -0.243. The number of nitrogens with zero attached hydrogens (tertiary/aromatic N) is 1. The summed E-state index contributed by atoms with van der Waals surface area (Å²) in [6, 6.07) is 6.16. The molecule has 22 heavy (non-hydrogen) atoms. The lowest BCUT2D eigenvalue weighted by atomic mass is 9.79. The van der Waals surface area contributed by atoms with Crippen molar-refractivity contribution < 1.29 is 18.2 Å². The van der Waals surface area contributed by atoms with Crippen molar-refractivity contribution in [2.75, 3.05) is 5.32 Å². The van der Waals surface area contributed by atoms with Crippen LogP contribution in [0.25, 0.3) is 0 Å². The standard InChI is InChI=1S/C15H24N2O4S/c1-14(2)9-12(10-15(3,4)17(14)18)16-11-5-7-13(8-6-11)22(19,20)21/h5-8,12,16,18H,9-10H2,1-4H3,(H,19,20,21). The SMILES string of the molecule is CC1(C)CC(Nc2ccc(S(=O)(=O)O)cc2)CC(C)(C)N1O. The Balaban J connectivity index is 2.14. The van der Waals surface area contributed by atoms with Crippen LogP contribution in [-0.2, 0) is 10.1 Å². The van der Waals surface area contributed by atoms with Crippen LogP contribution < -0.4 is 5.32 Å². The molecule has 0 atom stereocenters. The van der Waals surface area contributed by atoms with E-state index in [-0.39, 0.29) is 22.0 Å². The molecule has 0 bridgehead atoms. The summed E-state index contributed by atoms with van der Waals surface area (Å²) in [6.07, 6.45) is 1.51. The van der Waals surface area contributed by atoms with E-state index in [1.54, 1.807) is 12.1 Å². The monoisotopic (exact) mass is 328 g/mol. The van der Waals surface area contributed by atoms with E-state index < -0.39 is 10.1 Å². The first-order valence-corrected chi connectivity index (χ1v) is 8.69. The first-order chi connectivity index (χ1) is 9.92. The minimum Gasteiger partial charge on any atom is -0.382 e. The molecule has 124 valence electrons. The molecule has 7 heteroatoms. The number of benzene rings is 1. The zero-order chi connectivity index (χ0) is 16.8. The quantitative estimate of drug-likeness (QED) is 0.739. The molecule has 1 aliphatic heterocycles. The van der Waals surface area contributed by atoms with Crippen LogP contribution in [-0.4, -0.2) is 40.4 Å². The van der Waals surface area contributed by atoms with E-state index in [2.05, 4.69) is 5.32 Å². The van der Waals surface area contributed by atoms with Crippen molar-refractivity contribution in [3.8, 4) is 0 Å². The van der Waals surface area contributed by atoms with Gasteiger partial charge >= 0.3 is 0 Å². The minimum atomic E-state index is -4.16. The van der Waals surface area contributed by atoms with Crippen LogP contribution in [0.3, 0.4) is 0 Å². The van der Waals surface area contributed by atoms with Crippen LogP contribution in [0, 0.1) is 0 Å². The molecule has 1 aromatic rings. The largest absolute Gasteiger partial charge is 0.382 e. The second-order valence-electron chi connectivity index (χ2n) is 7.19. The lowest BCUT2D eigenvalue weighted by Gasteiger charge is -2.51. The molecular weight excluding hydrogens is 304 g/mol. The van der Waals surface area contributed by atoms with E-state index in [0.717, 1.165) is 18.5 Å². The van der Waals surface area contributed by atoms with Crippen molar-refractivity contribution >= 4 is 15.8 Å². The molecular formula is C15H24N2O4S. The average Bonchev–Trinajstić information content (AvgIpc) is 2.35. The number of piperidine rings is 1. The summed E-state index contributed by atoms with van der Waals surface area (Å²) in [5.41, 5.74) is 0.0806. The molecule has 0 aromatic heterocycles. The van der Waals surface area contributed by atoms with Gasteiger partial charge < -0.3 is 10.5 Å². The van der Waals surface area contributed by atoms with Crippen molar-refractivity contribution in [3.05, 3.63) is 24.3 Å². The van der Waals surface area contributed by atoms with Gasteiger partial charge in [-0.15, -0.1) is 0 Å². The Hall–Kier alpha value is -1.15. The molecule has 1 saturated heterocycles. The predicted molar refractivity (Wildman–Crippen MR) is 84.7 cm³/mol. The van der Waals surface area contributed by atoms with E-state index in [9.17, 15) is 13.6 Å². The van der Waals surface area contributed by atoms with Crippen LogP contribution in [0.4, 0.5) is 5.69 Å². The third-order valence-corrected chi connectivity index (χ3v) is 5.03. The maximum absolute atomic E-state index is 11.0. The Labute approximate surface area is 131 Å². The third-order valence-electron chi connectivity index (χ3n) is 4.16. The predicted octanol–water partition coefficient (Wildman–Crippen LogP) is 2.76. The zero-order valence-corrected chi connectivity index (χ0v) is 14.2. The summed E-state index contributed by atoms with van der Waals surface area (Å²) >= 11 is 0. The van der Waals surface area contributed by atoms with Crippen LogP contribution in [0.1, 0.15) is 40.5 Å². The average molecular weight is 328 g/mol. The number of anilines is 1. The van der Waals surface area contributed by atoms with Crippen LogP contribution >= 0.6 is 0 Å². The molecule has 0 aliphatic carbocycles. The van der Waals surface area contributed by atoms with Gasteiger partial charge in [-0.25, -0.2) is 0 Å². The van der Waals surface area contributed by atoms with Crippen LogP contribution in [0.2, 0.25) is 0 Å². The molecule has 1 aromatic carbocycles. The van der Waals surface area contributed by atoms with E-state index >= 15 is 0 Å². The van der Waals surface area contributed by atoms with Crippen molar-refractivity contribution in [3.63, 3.8) is 0 Å². The van der Waals surface area contributed by atoms with Gasteiger partial charge in [0.05, 0.1) is 4.90 Å². The molecule has 6 nitrogen and oxygen atoms in total. The van der Waals surface area contributed by atoms with Crippen LogP contribution in [0.5, 0.6) is 0 Å². The fraction of sp³-hybridized carbons (Fsp3) is 0.600. The first kappa shape index (κ1) is 17.2. The van der Waals surface area contributed by atoms with Crippen molar-refractivity contribution in [1.82, 2.24) is 5.06 Å². The second kappa shape index (κ2) is 5.49. The van der Waals surface area contributed by atoms with E-state index in [0.29, 0.717) is 0 Å². The molecule has 0 radical (unpaired) electrons. The summed E-state index contributed by atoms with van der Waals surface area (Å²) in [5.74, 6) is 0. The number of hydroxylamine groups is 2. The van der Waals surface area contributed by atoms with Crippen molar-refractivity contribution in [2.24, 2.45) is 0 Å². The highest BCUT2D eigenvalue weighted by molar-refractivity contribution is 7.85. The Morgan fingerprint density at radius 3 is 1.95 bits per heavy atom. The minimum absolute atomic E-state index is 0.121. The molecule has 0 unspecified atom stereocenters. The molecule has 2 rings (SSSR count). The van der Waals surface area contributed by atoms with Gasteiger partial charge in [0.2, 0.25) is 0 Å². The lowest BCUT2D eigenvalue weighted by Crippen LogP contribution is -2.61. The van der Waals surface area contributed by atoms with E-state index in [1.165, 1.54) is 17.2 Å². The summed E-state index contributed by atoms with van der Waals surface area (Å²) < 4.78 is 31.1. The van der Waals surface area contributed by atoms with Gasteiger partial charge in [-0.05, 0) is 64.8 Å². The van der Waals surface area contributed by atoms with Gasteiger partial charge in [0.25, 0.3) is 10.1 Å². The number of nitrogens with one attached hydrogen (secondary N) is 1. The Morgan fingerprint density at radius 1 is 1.09 bits per heavy atom. The van der Waals surface area contributed by atoms with Gasteiger partial charge in [-0.1, -0.05) is 0 Å². The Morgan fingerprint density at radius 2 is 1.55 bits per heavy atom. The summed E-state index contributed by atoms with van der Waals surface area (Å²) in [4.78, 5) is -0.121. The molecule has 1 fully saturated rings. The molecule has 0 spiro atoms. The number of hydrogen-bond donors (Lipinski definition) is 3. The van der Waals surface area contributed by atoms with E-state index in [4.69, 9.17) is 4.55 Å². The molecule has 1 aliphatic rings. The van der Waals surface area contributed by atoms with Crippen LogP contribution in [0.15, 0.2) is 29.2 Å². The highest BCUT2D eigenvalue weighted by Crippen LogP contribution is 2.37. The fourth-order valence-electron chi connectivity index (χ4n) is 3.33. The van der Waals surface area contributed by atoms with Gasteiger partial charge in [0, 0.05) is 22.8 Å². The maximum Gasteiger partial charge on any atom is 0.294 e. The number of hydrogen-bond acceptors (Lipinski definition) is 5. The smallest absolute Gasteiger partial charge is 0.294 e. The maximum atomic E-state index is 11.0. The highest BCUT2D eigenvalue weighted by Gasteiger charge is 2.44. The molecule has 3 N–H and O–H groups in total. The van der Waals surface area contributed by atoms with Gasteiger partial charge in [0.15, 0.2) is 0 Å². The zero-order valence-electron chi connectivity index (χ0n) is 13.4. The van der Waals surface area contributed by atoms with E-state index in [1.807, 2.05) is 27.7 Å². The molecule has 1 heterocycles. The normalized spacial score (nSPS) is 22.5. The molecule has 0 saturated carbocycles.